The molecular weight excluding hydrogens is 336 g/mol. The Hall–Kier alpha value is -1.41. The number of furan rings is 1. The molecule has 0 N–H and O–H groups in total. The maximum Gasteiger partial charge on any atom is 0.238 e. The van der Waals surface area contributed by atoms with Crippen LogP contribution in [0.1, 0.15) is 5.89 Å². The van der Waals surface area contributed by atoms with E-state index in [-0.39, 0.29) is 11.7 Å². The van der Waals surface area contributed by atoms with Gasteiger partial charge in [0.05, 0.1) is 5.75 Å². The Labute approximate surface area is 117 Å². The van der Waals surface area contributed by atoms with Gasteiger partial charge in [0.25, 0.3) is 0 Å². The molecule has 19 heavy (non-hydrogen) atoms. The van der Waals surface area contributed by atoms with Gasteiger partial charge in [-0.1, -0.05) is 11.2 Å². The predicted octanol–water partition coefficient (Wildman–Crippen LogP) is 2.19. The van der Waals surface area contributed by atoms with Crippen molar-refractivity contribution in [3.63, 3.8) is 0 Å². The number of sulfone groups is 1. The minimum atomic E-state index is -3.05. The monoisotopic (exact) mass is 344 g/mol. The third-order valence-electron chi connectivity index (χ3n) is 2.70. The Morgan fingerprint density at radius 1 is 1.42 bits per heavy atom. The molecular formula is C11H9BrN2O4S. The summed E-state index contributed by atoms with van der Waals surface area (Å²) in [5.41, 5.74) is 0. The van der Waals surface area contributed by atoms with Gasteiger partial charge in [0.2, 0.25) is 11.7 Å². The van der Waals surface area contributed by atoms with Crippen molar-refractivity contribution in [3.05, 3.63) is 34.2 Å². The number of rotatable bonds is 3. The molecule has 3 rings (SSSR count). The highest BCUT2D eigenvalue weighted by atomic mass is 79.9. The summed E-state index contributed by atoms with van der Waals surface area (Å²) in [5.74, 6) is 1.23. The summed E-state index contributed by atoms with van der Waals surface area (Å²) in [5, 5.41) is 5.04. The third-order valence-corrected chi connectivity index (χ3v) is 4.59. The molecule has 0 fully saturated rings. The zero-order valence-corrected chi connectivity index (χ0v) is 12.0. The smallest absolute Gasteiger partial charge is 0.238 e. The Morgan fingerprint density at radius 2 is 2.26 bits per heavy atom. The predicted molar refractivity (Wildman–Crippen MR) is 69.8 cm³/mol. The standard InChI is InChI=1S/C11H9BrN2O4S/c12-9-2-1-8(17-9)11-13-10(18-14-11)5-7-3-4-19(15,16)6-7/h1-4,7H,5-6H2. The average Bonchev–Trinajstić information content (AvgIpc) is 3.00. The summed E-state index contributed by atoms with van der Waals surface area (Å²) < 4.78 is 33.6. The largest absolute Gasteiger partial charge is 0.446 e. The number of aromatic nitrogens is 2. The lowest BCUT2D eigenvalue weighted by Crippen LogP contribution is -2.08. The fourth-order valence-corrected chi connectivity index (χ4v) is 3.57. The Balaban J connectivity index is 1.74. The van der Waals surface area contributed by atoms with E-state index in [4.69, 9.17) is 8.94 Å². The van der Waals surface area contributed by atoms with Gasteiger partial charge in [0, 0.05) is 17.7 Å². The van der Waals surface area contributed by atoms with E-state index in [9.17, 15) is 8.42 Å². The molecule has 0 aliphatic carbocycles. The molecule has 1 aliphatic heterocycles. The number of nitrogens with zero attached hydrogens (tertiary/aromatic N) is 2. The normalized spacial score (nSPS) is 21.0. The molecule has 0 saturated heterocycles. The molecule has 0 radical (unpaired) electrons. The van der Waals surface area contributed by atoms with Crippen LogP contribution in [-0.4, -0.2) is 24.3 Å². The van der Waals surface area contributed by atoms with Crippen LogP contribution in [0, 0.1) is 5.92 Å². The van der Waals surface area contributed by atoms with Crippen LogP contribution < -0.4 is 0 Å². The Morgan fingerprint density at radius 3 is 2.89 bits per heavy atom. The first-order chi connectivity index (χ1) is 9.02. The van der Waals surface area contributed by atoms with E-state index in [0.717, 1.165) is 0 Å². The van der Waals surface area contributed by atoms with Crippen molar-refractivity contribution >= 4 is 25.8 Å². The lowest BCUT2D eigenvalue weighted by atomic mass is 10.1. The van der Waals surface area contributed by atoms with Gasteiger partial charge in [-0.2, -0.15) is 4.98 Å². The minimum Gasteiger partial charge on any atom is -0.446 e. The zero-order valence-electron chi connectivity index (χ0n) is 9.61. The van der Waals surface area contributed by atoms with Crippen LogP contribution in [0.25, 0.3) is 11.6 Å². The van der Waals surface area contributed by atoms with E-state index in [1.165, 1.54) is 5.41 Å². The van der Waals surface area contributed by atoms with Crippen LogP contribution in [-0.2, 0) is 16.3 Å². The maximum absolute atomic E-state index is 11.3. The van der Waals surface area contributed by atoms with Crippen LogP contribution in [0.4, 0.5) is 0 Å². The van der Waals surface area contributed by atoms with Crippen molar-refractivity contribution in [2.75, 3.05) is 5.75 Å². The Bertz CT molecular complexity index is 731. The first-order valence-corrected chi connectivity index (χ1v) is 8.02. The second-order valence-corrected chi connectivity index (χ2v) is 6.95. The van der Waals surface area contributed by atoms with Gasteiger partial charge in [-0.15, -0.1) is 0 Å². The molecule has 0 bridgehead atoms. The van der Waals surface area contributed by atoms with E-state index >= 15 is 0 Å². The van der Waals surface area contributed by atoms with Crippen molar-refractivity contribution in [1.29, 1.82) is 0 Å². The van der Waals surface area contributed by atoms with E-state index in [0.29, 0.717) is 28.6 Å². The Kier molecular flexibility index (Phi) is 3.06. The van der Waals surface area contributed by atoms with Gasteiger partial charge in [-0.25, -0.2) is 8.42 Å². The van der Waals surface area contributed by atoms with Crippen molar-refractivity contribution in [1.82, 2.24) is 10.1 Å². The van der Waals surface area contributed by atoms with Crippen molar-refractivity contribution in [3.8, 4) is 11.6 Å². The van der Waals surface area contributed by atoms with Gasteiger partial charge in [0.15, 0.2) is 20.3 Å². The summed E-state index contributed by atoms with van der Waals surface area (Å²) in [7, 11) is -3.05. The molecule has 1 aliphatic rings. The zero-order chi connectivity index (χ0) is 13.5. The first kappa shape index (κ1) is 12.6. The van der Waals surface area contributed by atoms with Crippen LogP contribution >= 0.6 is 15.9 Å². The van der Waals surface area contributed by atoms with E-state index in [1.807, 2.05) is 0 Å². The van der Waals surface area contributed by atoms with Crippen LogP contribution in [0.2, 0.25) is 0 Å². The van der Waals surface area contributed by atoms with E-state index < -0.39 is 9.84 Å². The maximum atomic E-state index is 11.3. The summed E-state index contributed by atoms with van der Waals surface area (Å²) in [6.45, 7) is 0. The molecule has 0 aromatic carbocycles. The highest BCUT2D eigenvalue weighted by Crippen LogP contribution is 2.24. The number of hydrogen-bond acceptors (Lipinski definition) is 6. The van der Waals surface area contributed by atoms with Gasteiger partial charge < -0.3 is 8.94 Å². The van der Waals surface area contributed by atoms with E-state index in [1.54, 1.807) is 18.2 Å². The molecule has 8 heteroatoms. The molecule has 2 aromatic rings. The first-order valence-electron chi connectivity index (χ1n) is 5.51. The fraction of sp³-hybridized carbons (Fsp3) is 0.273. The summed E-state index contributed by atoms with van der Waals surface area (Å²) >= 11 is 3.19. The summed E-state index contributed by atoms with van der Waals surface area (Å²) in [6.07, 6.45) is 2.06. The van der Waals surface area contributed by atoms with Gasteiger partial charge >= 0.3 is 0 Å². The summed E-state index contributed by atoms with van der Waals surface area (Å²) in [6, 6.07) is 3.45. The molecule has 0 amide bonds. The summed E-state index contributed by atoms with van der Waals surface area (Å²) in [4.78, 5) is 4.18. The molecule has 100 valence electrons. The molecule has 1 atom stereocenters. The number of hydrogen-bond donors (Lipinski definition) is 0. The second kappa shape index (κ2) is 4.61. The molecule has 6 nitrogen and oxygen atoms in total. The highest BCUT2D eigenvalue weighted by molar-refractivity contribution is 9.10. The molecule has 0 spiro atoms. The van der Waals surface area contributed by atoms with Crippen LogP contribution in [0.5, 0.6) is 0 Å². The minimum absolute atomic E-state index is 0.0943. The molecule has 1 unspecified atom stereocenters. The second-order valence-electron chi connectivity index (χ2n) is 4.24. The average molecular weight is 345 g/mol. The molecule has 3 heterocycles. The third kappa shape index (κ3) is 2.79. The van der Waals surface area contributed by atoms with Gasteiger partial charge in [-0.05, 0) is 28.1 Å². The van der Waals surface area contributed by atoms with Crippen molar-refractivity contribution in [2.24, 2.45) is 5.92 Å². The highest BCUT2D eigenvalue weighted by Gasteiger charge is 2.24. The van der Waals surface area contributed by atoms with Gasteiger partial charge in [0.1, 0.15) is 0 Å². The van der Waals surface area contributed by atoms with Gasteiger partial charge in [-0.3, -0.25) is 0 Å². The number of halogens is 1. The number of allylic oxidation sites excluding steroid dienone is 1. The molecule has 0 saturated carbocycles. The van der Waals surface area contributed by atoms with Crippen LogP contribution in [0.15, 0.2) is 37.2 Å². The molecule has 2 aromatic heterocycles. The SMILES string of the molecule is O=S1(=O)C=CC(Cc2nc(-c3ccc(Br)o3)no2)C1. The van der Waals surface area contributed by atoms with Crippen molar-refractivity contribution < 1.29 is 17.4 Å². The van der Waals surface area contributed by atoms with Crippen molar-refractivity contribution in [2.45, 2.75) is 6.42 Å². The lowest BCUT2D eigenvalue weighted by Gasteiger charge is -2.00. The fourth-order valence-electron chi connectivity index (χ4n) is 1.86. The topological polar surface area (TPSA) is 86.2 Å². The quantitative estimate of drug-likeness (QED) is 0.848. The van der Waals surface area contributed by atoms with Crippen LogP contribution in [0.3, 0.4) is 0 Å². The van der Waals surface area contributed by atoms with E-state index in [2.05, 4.69) is 26.1 Å². The lowest BCUT2D eigenvalue weighted by molar-refractivity contribution is 0.368.